The first-order valence-electron chi connectivity index (χ1n) is 11.7. The van der Waals surface area contributed by atoms with Crippen LogP contribution in [0.1, 0.15) is 36.4 Å². The van der Waals surface area contributed by atoms with E-state index in [0.29, 0.717) is 45.4 Å². The smallest absolute Gasteiger partial charge is 0.319 e. The van der Waals surface area contributed by atoms with Gasteiger partial charge in [-0.25, -0.2) is 18.0 Å². The summed E-state index contributed by atoms with van der Waals surface area (Å²) in [6.07, 6.45) is 3.19. The first kappa shape index (κ1) is 25.3. The average molecular weight is 498 g/mol. The third-order valence-corrected chi connectivity index (χ3v) is 6.74. The maximum absolute atomic E-state index is 13.7. The highest BCUT2D eigenvalue weighted by Crippen LogP contribution is 2.35. The molecule has 2 heterocycles. The molecule has 1 atom stereocenters. The van der Waals surface area contributed by atoms with Crippen molar-refractivity contribution in [2.45, 2.75) is 30.7 Å². The van der Waals surface area contributed by atoms with Crippen molar-refractivity contribution in [1.82, 2.24) is 20.9 Å². The molecule has 3 amide bonds. The van der Waals surface area contributed by atoms with Crippen molar-refractivity contribution in [1.29, 1.82) is 5.26 Å². The quantitative estimate of drug-likeness (QED) is 0.511. The lowest BCUT2D eigenvalue weighted by molar-refractivity contribution is -0.117. The molecule has 10 heteroatoms. The van der Waals surface area contributed by atoms with Gasteiger partial charge in [0.1, 0.15) is 5.82 Å². The Morgan fingerprint density at radius 3 is 2.50 bits per heavy atom. The fourth-order valence-electron chi connectivity index (χ4n) is 4.63. The van der Waals surface area contributed by atoms with Crippen molar-refractivity contribution in [3.8, 4) is 6.07 Å². The number of nitriles is 1. The van der Waals surface area contributed by atoms with E-state index in [9.17, 15) is 28.0 Å². The van der Waals surface area contributed by atoms with Gasteiger partial charge < -0.3 is 20.9 Å². The minimum Gasteiger partial charge on any atom is -0.352 e. The third kappa shape index (κ3) is 5.52. The SMILES string of the molecule is N#CC1(c2ccc(F)cc2)CCN(CCCNC(=O)C2=CNC(=O)NC2c2ccc(F)c(F)c2)CC1. The number of likely N-dealkylation sites (tertiary alicyclic amines) is 1. The lowest BCUT2D eigenvalue weighted by Gasteiger charge is -2.37. The largest absolute Gasteiger partial charge is 0.352 e. The van der Waals surface area contributed by atoms with Gasteiger partial charge in [0, 0.05) is 12.7 Å². The zero-order valence-corrected chi connectivity index (χ0v) is 19.5. The van der Waals surface area contributed by atoms with Gasteiger partial charge in [-0.1, -0.05) is 18.2 Å². The van der Waals surface area contributed by atoms with Crippen LogP contribution in [0, 0.1) is 28.8 Å². The third-order valence-electron chi connectivity index (χ3n) is 6.74. The number of nitrogens with one attached hydrogen (secondary N) is 3. The summed E-state index contributed by atoms with van der Waals surface area (Å²) < 4.78 is 40.3. The maximum Gasteiger partial charge on any atom is 0.319 e. The highest BCUT2D eigenvalue weighted by atomic mass is 19.2. The molecule has 0 radical (unpaired) electrons. The van der Waals surface area contributed by atoms with Crippen LogP contribution in [0.4, 0.5) is 18.0 Å². The van der Waals surface area contributed by atoms with Crippen LogP contribution in [-0.4, -0.2) is 43.0 Å². The van der Waals surface area contributed by atoms with Gasteiger partial charge in [-0.2, -0.15) is 5.26 Å². The van der Waals surface area contributed by atoms with Gasteiger partial charge in [0.25, 0.3) is 5.91 Å². The fourth-order valence-corrected chi connectivity index (χ4v) is 4.63. The second-order valence-electron chi connectivity index (χ2n) is 8.98. The number of piperidine rings is 1. The van der Waals surface area contributed by atoms with E-state index in [4.69, 9.17) is 0 Å². The summed E-state index contributed by atoms with van der Waals surface area (Å²) in [6.45, 7) is 2.49. The topological polar surface area (TPSA) is 97.3 Å². The molecule has 0 saturated carbocycles. The van der Waals surface area contributed by atoms with Crippen LogP contribution in [0.15, 0.2) is 54.2 Å². The highest BCUT2D eigenvalue weighted by Gasteiger charge is 2.36. The number of hydrogen-bond donors (Lipinski definition) is 3. The van der Waals surface area contributed by atoms with Crippen LogP contribution >= 0.6 is 0 Å². The molecule has 1 fully saturated rings. The summed E-state index contributed by atoms with van der Waals surface area (Å²) in [4.78, 5) is 26.8. The molecular formula is C26H26F3N5O2. The molecule has 0 spiro atoms. The van der Waals surface area contributed by atoms with Gasteiger partial charge in [-0.05, 0) is 74.3 Å². The number of amides is 3. The highest BCUT2D eigenvalue weighted by molar-refractivity contribution is 5.97. The van der Waals surface area contributed by atoms with Crippen molar-refractivity contribution in [3.63, 3.8) is 0 Å². The van der Waals surface area contributed by atoms with Gasteiger partial charge in [0.15, 0.2) is 11.6 Å². The normalized spacial score (nSPS) is 19.4. The lowest BCUT2D eigenvalue weighted by Crippen LogP contribution is -2.45. The van der Waals surface area contributed by atoms with Crippen molar-refractivity contribution in [2.24, 2.45) is 0 Å². The van der Waals surface area contributed by atoms with Crippen molar-refractivity contribution < 1.29 is 22.8 Å². The number of hydrogen-bond acceptors (Lipinski definition) is 4. The number of carbonyl (C=O) groups is 2. The number of urea groups is 1. The van der Waals surface area contributed by atoms with Gasteiger partial charge in [0.2, 0.25) is 0 Å². The molecule has 4 rings (SSSR count). The molecule has 2 aliphatic rings. The predicted molar refractivity (Wildman–Crippen MR) is 126 cm³/mol. The molecule has 1 saturated heterocycles. The Labute approximate surface area is 207 Å². The molecule has 2 aliphatic heterocycles. The minimum atomic E-state index is -1.07. The van der Waals surface area contributed by atoms with E-state index in [0.717, 1.165) is 17.7 Å². The summed E-state index contributed by atoms with van der Waals surface area (Å²) in [5, 5.41) is 17.6. The van der Waals surface area contributed by atoms with Crippen LogP contribution < -0.4 is 16.0 Å². The Balaban J connectivity index is 1.28. The second-order valence-corrected chi connectivity index (χ2v) is 8.98. The van der Waals surface area contributed by atoms with Crippen LogP contribution in [0.2, 0.25) is 0 Å². The van der Waals surface area contributed by atoms with Crippen molar-refractivity contribution in [2.75, 3.05) is 26.2 Å². The van der Waals surface area contributed by atoms with E-state index in [1.165, 1.54) is 24.4 Å². The summed E-state index contributed by atoms with van der Waals surface area (Å²) >= 11 is 0. The molecule has 36 heavy (non-hydrogen) atoms. The summed E-state index contributed by atoms with van der Waals surface area (Å²) in [5.41, 5.74) is 0.630. The predicted octanol–water partition coefficient (Wildman–Crippen LogP) is 3.41. The monoisotopic (exact) mass is 497 g/mol. The maximum atomic E-state index is 13.7. The Morgan fingerprint density at radius 1 is 1.11 bits per heavy atom. The molecule has 0 aromatic heterocycles. The molecule has 2 aromatic rings. The van der Waals surface area contributed by atoms with Gasteiger partial charge in [-0.3, -0.25) is 4.79 Å². The van der Waals surface area contributed by atoms with Crippen LogP contribution in [-0.2, 0) is 10.2 Å². The number of halogens is 3. The number of benzene rings is 2. The van der Waals surface area contributed by atoms with Crippen LogP contribution in [0.5, 0.6) is 0 Å². The minimum absolute atomic E-state index is 0.177. The fraction of sp³-hybridized carbons (Fsp3) is 0.346. The Bertz CT molecular complexity index is 1200. The van der Waals surface area contributed by atoms with Crippen molar-refractivity contribution in [3.05, 3.63) is 82.8 Å². The first-order valence-corrected chi connectivity index (χ1v) is 11.7. The molecule has 2 aromatic carbocycles. The molecule has 3 N–H and O–H groups in total. The standard InChI is InChI=1S/C26H26F3N5O2/c27-19-5-3-18(4-6-19)26(16-30)8-12-34(13-9-26)11-1-10-31-24(35)20-15-32-25(36)33-23(20)17-2-7-21(28)22(29)14-17/h2-7,14-15,23H,1,8-13H2,(H,31,35)(H2,32,33,36). The molecule has 1 unspecified atom stereocenters. The van der Waals surface area contributed by atoms with Crippen molar-refractivity contribution >= 4 is 11.9 Å². The lowest BCUT2D eigenvalue weighted by atomic mass is 9.74. The summed E-state index contributed by atoms with van der Waals surface area (Å²) in [5.74, 6) is -2.85. The molecule has 0 aliphatic carbocycles. The van der Waals surface area contributed by atoms with E-state index in [2.05, 4.69) is 26.9 Å². The van der Waals surface area contributed by atoms with E-state index < -0.39 is 35.0 Å². The Kier molecular flexibility index (Phi) is 7.60. The van der Waals surface area contributed by atoms with E-state index >= 15 is 0 Å². The van der Waals surface area contributed by atoms with Gasteiger partial charge in [-0.15, -0.1) is 0 Å². The zero-order chi connectivity index (χ0) is 25.7. The van der Waals surface area contributed by atoms with E-state index in [1.807, 2.05) is 0 Å². The van der Waals surface area contributed by atoms with Gasteiger partial charge >= 0.3 is 6.03 Å². The number of rotatable bonds is 7. The second kappa shape index (κ2) is 10.8. The molecule has 7 nitrogen and oxygen atoms in total. The van der Waals surface area contributed by atoms with E-state index in [-0.39, 0.29) is 17.0 Å². The first-order chi connectivity index (χ1) is 17.3. The number of nitrogens with zero attached hydrogens (tertiary/aromatic N) is 2. The average Bonchev–Trinajstić information content (AvgIpc) is 2.89. The van der Waals surface area contributed by atoms with Crippen LogP contribution in [0.25, 0.3) is 0 Å². The molecule has 188 valence electrons. The summed E-state index contributed by atoms with van der Waals surface area (Å²) in [6, 6.07) is 10.3. The number of carbonyl (C=O) groups excluding carboxylic acids is 2. The van der Waals surface area contributed by atoms with Crippen LogP contribution in [0.3, 0.4) is 0 Å². The zero-order valence-electron chi connectivity index (χ0n) is 19.5. The van der Waals surface area contributed by atoms with E-state index in [1.54, 1.807) is 12.1 Å². The summed E-state index contributed by atoms with van der Waals surface area (Å²) in [7, 11) is 0. The Morgan fingerprint density at radius 2 is 1.83 bits per heavy atom. The molecule has 0 bridgehead atoms. The Hall–Kier alpha value is -3.84. The van der Waals surface area contributed by atoms with Gasteiger partial charge in [0.05, 0.1) is 23.1 Å². The molecular weight excluding hydrogens is 471 g/mol.